The highest BCUT2D eigenvalue weighted by atomic mass is 16.5. The van der Waals surface area contributed by atoms with Gasteiger partial charge in [-0.05, 0) is 74.2 Å². The third-order valence-corrected chi connectivity index (χ3v) is 6.94. The molecule has 162 valence electrons. The minimum Gasteiger partial charge on any atom is -0.493 e. The van der Waals surface area contributed by atoms with Gasteiger partial charge in [0.1, 0.15) is 0 Å². The molecule has 2 fully saturated rings. The van der Waals surface area contributed by atoms with E-state index in [1.165, 1.54) is 5.56 Å². The highest BCUT2D eigenvalue weighted by molar-refractivity contribution is 5.94. The molecular formula is C25H29N3O3. The van der Waals surface area contributed by atoms with Gasteiger partial charge in [-0.2, -0.15) is 5.26 Å². The van der Waals surface area contributed by atoms with E-state index >= 15 is 0 Å². The van der Waals surface area contributed by atoms with Crippen molar-refractivity contribution < 1.29 is 14.3 Å². The lowest BCUT2D eigenvalue weighted by Crippen LogP contribution is -2.47. The van der Waals surface area contributed by atoms with E-state index in [9.17, 15) is 4.79 Å². The number of amides is 1. The van der Waals surface area contributed by atoms with Crippen LogP contribution in [0.25, 0.3) is 0 Å². The predicted octanol–water partition coefficient (Wildman–Crippen LogP) is 3.36. The van der Waals surface area contributed by atoms with Crippen LogP contribution in [0.4, 0.5) is 0 Å². The van der Waals surface area contributed by atoms with Crippen LogP contribution < -0.4 is 14.8 Å². The van der Waals surface area contributed by atoms with E-state index in [4.69, 9.17) is 14.7 Å². The van der Waals surface area contributed by atoms with Gasteiger partial charge < -0.3 is 19.7 Å². The molecule has 1 saturated carbocycles. The van der Waals surface area contributed by atoms with Gasteiger partial charge in [0.25, 0.3) is 5.91 Å². The molecule has 1 heterocycles. The molecule has 2 aliphatic rings. The summed E-state index contributed by atoms with van der Waals surface area (Å²) >= 11 is 0. The molecule has 1 saturated heterocycles. The summed E-state index contributed by atoms with van der Waals surface area (Å²) in [5.74, 6) is 1.89. The van der Waals surface area contributed by atoms with Gasteiger partial charge in [0.05, 0.1) is 25.9 Å². The molecule has 31 heavy (non-hydrogen) atoms. The molecule has 0 aromatic heterocycles. The zero-order valence-corrected chi connectivity index (χ0v) is 18.4. The number of hydrogen-bond donors (Lipinski definition) is 1. The third-order valence-electron chi connectivity index (χ3n) is 6.94. The number of methoxy groups -OCH3 is 2. The van der Waals surface area contributed by atoms with Crippen LogP contribution in [0.1, 0.15) is 40.7 Å². The van der Waals surface area contributed by atoms with E-state index in [0.29, 0.717) is 17.0 Å². The molecule has 2 aromatic carbocycles. The number of hydrogen-bond acceptors (Lipinski definition) is 5. The number of likely N-dealkylation sites (tertiary alicyclic amines) is 1. The van der Waals surface area contributed by atoms with Gasteiger partial charge in [0.15, 0.2) is 11.5 Å². The Bertz CT molecular complexity index is 998. The van der Waals surface area contributed by atoms with Crippen molar-refractivity contribution in [3.8, 4) is 17.6 Å². The Morgan fingerprint density at radius 1 is 1.16 bits per heavy atom. The van der Waals surface area contributed by atoms with Gasteiger partial charge >= 0.3 is 0 Å². The summed E-state index contributed by atoms with van der Waals surface area (Å²) < 4.78 is 11.0. The summed E-state index contributed by atoms with van der Waals surface area (Å²) in [6.07, 6.45) is 2.89. The third kappa shape index (κ3) is 3.98. The lowest BCUT2D eigenvalue weighted by atomic mass is 9.63. The fourth-order valence-corrected chi connectivity index (χ4v) is 5.42. The molecule has 1 N–H and O–H groups in total. The van der Waals surface area contributed by atoms with E-state index in [0.717, 1.165) is 43.9 Å². The number of nitrogens with one attached hydrogen (secondary N) is 1. The summed E-state index contributed by atoms with van der Waals surface area (Å²) in [5.41, 5.74) is 2.50. The predicted molar refractivity (Wildman–Crippen MR) is 118 cm³/mol. The summed E-state index contributed by atoms with van der Waals surface area (Å²) in [4.78, 5) is 15.1. The van der Waals surface area contributed by atoms with Gasteiger partial charge in [0, 0.05) is 30.1 Å². The van der Waals surface area contributed by atoms with E-state index in [1.54, 1.807) is 38.5 Å². The first-order valence-electron chi connectivity index (χ1n) is 10.7. The Morgan fingerprint density at radius 3 is 2.58 bits per heavy atom. The van der Waals surface area contributed by atoms with Crippen LogP contribution in [-0.4, -0.2) is 51.2 Å². The average molecular weight is 420 g/mol. The molecule has 6 nitrogen and oxygen atoms in total. The molecule has 3 atom stereocenters. The number of benzene rings is 2. The van der Waals surface area contributed by atoms with E-state index < -0.39 is 0 Å². The quantitative estimate of drug-likeness (QED) is 0.804. The van der Waals surface area contributed by atoms with Crippen LogP contribution in [0.3, 0.4) is 0 Å². The van der Waals surface area contributed by atoms with Crippen LogP contribution in [0.15, 0.2) is 42.5 Å². The molecule has 1 aliphatic carbocycles. The number of fused-ring (bicyclic) bond motifs is 1. The summed E-state index contributed by atoms with van der Waals surface area (Å²) in [5, 5.41) is 12.2. The smallest absolute Gasteiger partial charge is 0.251 e. The maximum absolute atomic E-state index is 12.7. The summed E-state index contributed by atoms with van der Waals surface area (Å²) in [6, 6.07) is 15.3. The van der Waals surface area contributed by atoms with Crippen molar-refractivity contribution in [2.75, 3.05) is 34.4 Å². The van der Waals surface area contributed by atoms with Crippen LogP contribution in [0.2, 0.25) is 0 Å². The number of likely N-dealkylation sites (N-methyl/N-ethyl adjacent to an activating group) is 1. The zero-order chi connectivity index (χ0) is 22.0. The first-order chi connectivity index (χ1) is 15.0. The van der Waals surface area contributed by atoms with Crippen molar-refractivity contribution in [2.24, 2.45) is 5.92 Å². The van der Waals surface area contributed by atoms with Crippen molar-refractivity contribution in [2.45, 2.75) is 30.7 Å². The lowest BCUT2D eigenvalue weighted by Gasteiger charge is -2.43. The fraction of sp³-hybridized carbons (Fsp3) is 0.440. The van der Waals surface area contributed by atoms with Crippen molar-refractivity contribution in [3.63, 3.8) is 0 Å². The van der Waals surface area contributed by atoms with Crippen molar-refractivity contribution in [1.82, 2.24) is 10.2 Å². The highest BCUT2D eigenvalue weighted by Crippen LogP contribution is 2.49. The molecule has 6 heteroatoms. The van der Waals surface area contributed by atoms with Crippen LogP contribution >= 0.6 is 0 Å². The highest BCUT2D eigenvalue weighted by Gasteiger charge is 2.50. The summed E-state index contributed by atoms with van der Waals surface area (Å²) in [6.45, 7) is 2.01. The second kappa shape index (κ2) is 8.60. The average Bonchev–Trinajstić information content (AvgIpc) is 3.14. The topological polar surface area (TPSA) is 74.6 Å². The summed E-state index contributed by atoms with van der Waals surface area (Å²) in [7, 11) is 5.50. The molecule has 4 rings (SSSR count). The fourth-order valence-electron chi connectivity index (χ4n) is 5.42. The number of ether oxygens (including phenoxy) is 2. The SMILES string of the molecule is COc1ccc([C@@]23CC[C@@H](NC(=O)c4ccc(C#N)cc4)C[C@@H]2CN(C)C3)cc1OC. The molecular weight excluding hydrogens is 390 g/mol. The van der Waals surface area contributed by atoms with Crippen molar-refractivity contribution in [1.29, 1.82) is 5.26 Å². The van der Waals surface area contributed by atoms with Gasteiger partial charge in [-0.1, -0.05) is 6.07 Å². The minimum absolute atomic E-state index is 0.0595. The molecule has 0 radical (unpaired) electrons. The van der Waals surface area contributed by atoms with E-state index in [2.05, 4.69) is 35.5 Å². The van der Waals surface area contributed by atoms with Gasteiger partial charge in [-0.3, -0.25) is 4.79 Å². The molecule has 0 spiro atoms. The second-order valence-corrected chi connectivity index (χ2v) is 8.75. The number of carbonyl (C=O) groups excluding carboxylic acids is 1. The molecule has 1 amide bonds. The Labute approximate surface area is 183 Å². The zero-order valence-electron chi connectivity index (χ0n) is 18.4. The normalized spacial score (nSPS) is 25.4. The second-order valence-electron chi connectivity index (χ2n) is 8.75. The Balaban J connectivity index is 1.52. The Morgan fingerprint density at radius 2 is 1.90 bits per heavy atom. The Kier molecular flexibility index (Phi) is 5.88. The molecule has 0 bridgehead atoms. The maximum atomic E-state index is 12.7. The number of nitrogens with zero attached hydrogens (tertiary/aromatic N) is 2. The number of rotatable bonds is 5. The lowest BCUT2D eigenvalue weighted by molar-refractivity contribution is 0.0904. The standard InChI is InChI=1S/C25H29N3O3/c1-28-15-20-12-21(27-24(29)18-6-4-17(14-26)5-7-18)10-11-25(20,16-28)19-8-9-22(30-2)23(13-19)31-3/h4-9,13,20-21H,10-12,15-16H2,1-3H3,(H,27,29)/t20-,21-,25+/m1/s1. The van der Waals surface area contributed by atoms with Crippen LogP contribution in [0, 0.1) is 17.2 Å². The van der Waals surface area contributed by atoms with Gasteiger partial charge in [0.2, 0.25) is 0 Å². The maximum Gasteiger partial charge on any atom is 0.251 e. The molecule has 0 unspecified atom stereocenters. The van der Waals surface area contributed by atoms with Gasteiger partial charge in [-0.25, -0.2) is 0 Å². The molecule has 1 aliphatic heterocycles. The Hall–Kier alpha value is -3.04. The van der Waals surface area contributed by atoms with E-state index in [1.807, 2.05) is 6.07 Å². The van der Waals surface area contributed by atoms with E-state index in [-0.39, 0.29) is 17.4 Å². The monoisotopic (exact) mass is 419 g/mol. The minimum atomic E-state index is -0.0699. The van der Waals surface area contributed by atoms with Crippen molar-refractivity contribution in [3.05, 3.63) is 59.2 Å². The number of nitriles is 1. The van der Waals surface area contributed by atoms with Crippen molar-refractivity contribution >= 4 is 5.91 Å². The first kappa shape index (κ1) is 21.2. The van der Waals surface area contributed by atoms with Crippen LogP contribution in [0.5, 0.6) is 11.5 Å². The largest absolute Gasteiger partial charge is 0.493 e. The van der Waals surface area contributed by atoms with Gasteiger partial charge in [-0.15, -0.1) is 0 Å². The number of carbonyl (C=O) groups is 1. The first-order valence-corrected chi connectivity index (χ1v) is 10.7. The molecule has 2 aromatic rings. The van der Waals surface area contributed by atoms with Crippen LogP contribution in [-0.2, 0) is 5.41 Å².